The fraction of sp³-hybridized carbons (Fsp3) is 0.818. The molecule has 0 aromatic carbocycles. The van der Waals surface area contributed by atoms with Crippen LogP contribution in [0.25, 0.3) is 0 Å². The van der Waals surface area contributed by atoms with Crippen molar-refractivity contribution in [1.29, 1.82) is 0 Å². The lowest BCUT2D eigenvalue weighted by Gasteiger charge is -2.02. The molecule has 0 spiro atoms. The second-order valence-corrected chi connectivity index (χ2v) is 3.01. The molecule has 0 saturated carbocycles. The first-order valence-corrected chi connectivity index (χ1v) is 6.08. The lowest BCUT2D eigenvalue weighted by Crippen LogP contribution is -1.93. The van der Waals surface area contributed by atoms with Gasteiger partial charge in [-0.3, -0.25) is 0 Å². The molecule has 0 rings (SSSR count). The molecule has 0 N–H and O–H groups in total. The summed E-state index contributed by atoms with van der Waals surface area (Å²) in [5.41, 5.74) is 0. The molecule has 1 heteroatoms. The second-order valence-electron chi connectivity index (χ2n) is 2.01. The third-order valence-corrected chi connectivity index (χ3v) is 2.19. The summed E-state index contributed by atoms with van der Waals surface area (Å²) in [6.45, 7) is 16.1. The highest BCUT2D eigenvalue weighted by Crippen LogP contribution is 2.10. The second kappa shape index (κ2) is 22.5. The van der Waals surface area contributed by atoms with Crippen molar-refractivity contribution in [2.45, 2.75) is 48.0 Å². The van der Waals surface area contributed by atoms with Crippen molar-refractivity contribution in [2.75, 3.05) is 5.75 Å². The van der Waals surface area contributed by atoms with Gasteiger partial charge in [-0.05, 0) is 17.1 Å². The standard InChI is InChI=1S/C7H14S.2C2H6/c1-4-7(3)6-8-5-2;2*1-2/h5,7H,2,4,6H2,1,3H3;2*1-2H3. The molecule has 0 aliphatic rings. The smallest absolute Gasteiger partial charge is 0.0000523 e. The van der Waals surface area contributed by atoms with Crippen molar-refractivity contribution in [3.05, 3.63) is 12.0 Å². The van der Waals surface area contributed by atoms with E-state index in [2.05, 4.69) is 20.4 Å². The Bertz CT molecular complexity index is 60.0. The van der Waals surface area contributed by atoms with Gasteiger partial charge in [0.2, 0.25) is 0 Å². The Hall–Kier alpha value is 0.0900. The Balaban J connectivity index is -0.000000175. The van der Waals surface area contributed by atoms with Crippen molar-refractivity contribution in [3.63, 3.8) is 0 Å². The van der Waals surface area contributed by atoms with Crippen LogP contribution in [0.15, 0.2) is 12.0 Å². The van der Waals surface area contributed by atoms with Gasteiger partial charge in [-0.1, -0.05) is 54.5 Å². The quantitative estimate of drug-likeness (QED) is 0.603. The molecule has 0 nitrogen and oxygen atoms in total. The average molecular weight is 190 g/mol. The molecule has 0 aromatic rings. The normalized spacial score (nSPS) is 9.83. The van der Waals surface area contributed by atoms with E-state index in [0.717, 1.165) is 5.92 Å². The van der Waals surface area contributed by atoms with Crippen LogP contribution >= 0.6 is 11.8 Å². The zero-order chi connectivity index (χ0) is 10.4. The van der Waals surface area contributed by atoms with Crippen LogP contribution in [0.5, 0.6) is 0 Å². The van der Waals surface area contributed by atoms with E-state index >= 15 is 0 Å². The summed E-state index contributed by atoms with van der Waals surface area (Å²) >= 11 is 1.80. The largest absolute Gasteiger partial charge is 0.134 e. The first kappa shape index (κ1) is 18.0. The van der Waals surface area contributed by atoms with Crippen LogP contribution in [0.3, 0.4) is 0 Å². The van der Waals surface area contributed by atoms with Crippen LogP contribution in [0.4, 0.5) is 0 Å². The number of thioether (sulfide) groups is 1. The van der Waals surface area contributed by atoms with Crippen LogP contribution in [-0.4, -0.2) is 5.75 Å². The van der Waals surface area contributed by atoms with Crippen LogP contribution in [-0.2, 0) is 0 Å². The molecule has 76 valence electrons. The number of hydrogen-bond donors (Lipinski definition) is 0. The molecule has 0 aromatic heterocycles. The predicted molar refractivity (Wildman–Crippen MR) is 64.8 cm³/mol. The Kier molecular flexibility index (Phi) is 33.7. The van der Waals surface area contributed by atoms with Gasteiger partial charge in [0.15, 0.2) is 0 Å². The summed E-state index contributed by atoms with van der Waals surface area (Å²) in [6.07, 6.45) is 1.28. The topological polar surface area (TPSA) is 0 Å². The molecule has 0 saturated heterocycles. The lowest BCUT2D eigenvalue weighted by atomic mass is 10.2. The zero-order valence-corrected chi connectivity index (χ0v) is 10.5. The van der Waals surface area contributed by atoms with E-state index in [-0.39, 0.29) is 0 Å². The predicted octanol–water partition coefficient (Wildman–Crippen LogP) is 4.96. The van der Waals surface area contributed by atoms with Crippen LogP contribution < -0.4 is 0 Å². The molecule has 0 aliphatic heterocycles. The summed E-state index contributed by atoms with van der Waals surface area (Å²) in [6, 6.07) is 0. The molecule has 0 aliphatic carbocycles. The Labute approximate surface area is 83.8 Å². The van der Waals surface area contributed by atoms with Gasteiger partial charge in [0.25, 0.3) is 0 Å². The van der Waals surface area contributed by atoms with Gasteiger partial charge in [0.1, 0.15) is 0 Å². The summed E-state index contributed by atoms with van der Waals surface area (Å²) in [5, 5.41) is 1.91. The number of rotatable bonds is 4. The maximum absolute atomic E-state index is 3.63. The SMILES string of the molecule is C=CSCC(C)CC.CC.CC. The van der Waals surface area contributed by atoms with E-state index in [1.165, 1.54) is 12.2 Å². The average Bonchev–Trinajstić information content (AvgIpc) is 2.20. The summed E-state index contributed by atoms with van der Waals surface area (Å²) in [5.74, 6) is 2.07. The van der Waals surface area contributed by atoms with Gasteiger partial charge in [0.05, 0.1) is 0 Å². The van der Waals surface area contributed by atoms with Crippen molar-refractivity contribution in [1.82, 2.24) is 0 Å². The van der Waals surface area contributed by atoms with E-state index in [1.807, 2.05) is 33.1 Å². The van der Waals surface area contributed by atoms with Crippen LogP contribution in [0.2, 0.25) is 0 Å². The van der Waals surface area contributed by atoms with Crippen molar-refractivity contribution in [3.8, 4) is 0 Å². The molecule has 0 radical (unpaired) electrons. The maximum atomic E-state index is 3.63. The minimum atomic E-state index is 0.845. The highest BCUT2D eigenvalue weighted by molar-refractivity contribution is 8.02. The molecular formula is C11H26S. The zero-order valence-electron chi connectivity index (χ0n) is 9.68. The third-order valence-electron chi connectivity index (χ3n) is 1.20. The molecule has 1 atom stereocenters. The summed E-state index contributed by atoms with van der Waals surface area (Å²) in [4.78, 5) is 0. The van der Waals surface area contributed by atoms with Crippen molar-refractivity contribution in [2.24, 2.45) is 5.92 Å². The van der Waals surface area contributed by atoms with Gasteiger partial charge in [-0.2, -0.15) is 0 Å². The van der Waals surface area contributed by atoms with Gasteiger partial charge in [0, 0.05) is 0 Å². The highest BCUT2D eigenvalue weighted by atomic mass is 32.2. The summed E-state index contributed by atoms with van der Waals surface area (Å²) in [7, 11) is 0. The maximum Gasteiger partial charge on any atom is -0.0000523 e. The molecule has 12 heavy (non-hydrogen) atoms. The Morgan fingerprint density at radius 2 is 1.67 bits per heavy atom. The minimum Gasteiger partial charge on any atom is -0.134 e. The van der Waals surface area contributed by atoms with Crippen LogP contribution in [0.1, 0.15) is 48.0 Å². The summed E-state index contributed by atoms with van der Waals surface area (Å²) < 4.78 is 0. The Morgan fingerprint density at radius 3 is 1.92 bits per heavy atom. The van der Waals surface area contributed by atoms with Crippen molar-refractivity contribution >= 4 is 11.8 Å². The molecular weight excluding hydrogens is 164 g/mol. The van der Waals surface area contributed by atoms with E-state index in [4.69, 9.17) is 0 Å². The van der Waals surface area contributed by atoms with Crippen molar-refractivity contribution < 1.29 is 0 Å². The molecule has 0 fully saturated rings. The van der Waals surface area contributed by atoms with E-state index < -0.39 is 0 Å². The van der Waals surface area contributed by atoms with Gasteiger partial charge in [-0.15, -0.1) is 11.8 Å². The molecule has 0 amide bonds. The first-order chi connectivity index (χ1) is 5.81. The van der Waals surface area contributed by atoms with E-state index in [1.54, 1.807) is 11.8 Å². The molecule has 0 heterocycles. The monoisotopic (exact) mass is 190 g/mol. The minimum absolute atomic E-state index is 0.845. The van der Waals surface area contributed by atoms with E-state index in [0.29, 0.717) is 0 Å². The highest BCUT2D eigenvalue weighted by Gasteiger charge is 1.94. The number of hydrogen-bond acceptors (Lipinski definition) is 1. The third kappa shape index (κ3) is 22.5. The van der Waals surface area contributed by atoms with E-state index in [9.17, 15) is 0 Å². The molecule has 0 bridgehead atoms. The lowest BCUT2D eigenvalue weighted by molar-refractivity contribution is 0.638. The van der Waals surface area contributed by atoms with Gasteiger partial charge in [-0.25, -0.2) is 0 Å². The van der Waals surface area contributed by atoms with Gasteiger partial charge >= 0.3 is 0 Å². The molecule has 1 unspecified atom stereocenters. The fourth-order valence-corrected chi connectivity index (χ4v) is 1.05. The first-order valence-electron chi connectivity index (χ1n) is 5.03. The Morgan fingerprint density at radius 1 is 1.25 bits per heavy atom. The van der Waals surface area contributed by atoms with Crippen LogP contribution in [0, 0.1) is 5.92 Å². The van der Waals surface area contributed by atoms with Gasteiger partial charge < -0.3 is 0 Å². The fourth-order valence-electron chi connectivity index (χ4n) is 0.350.